The van der Waals surface area contributed by atoms with Crippen LogP contribution in [0.5, 0.6) is 0 Å². The molecule has 3 heteroatoms. The minimum Gasteiger partial charge on any atom is -0.392 e. The van der Waals surface area contributed by atoms with Gasteiger partial charge in [-0.3, -0.25) is 0 Å². The minimum atomic E-state index is -0.311. The molecular weight excluding hydrogens is 202 g/mol. The lowest BCUT2D eigenvalue weighted by atomic mass is 9.88. The predicted octanol–water partition coefficient (Wildman–Crippen LogP) is 1.68. The van der Waals surface area contributed by atoms with E-state index in [2.05, 4.69) is 26.1 Å². The van der Waals surface area contributed by atoms with Crippen molar-refractivity contribution in [3.05, 3.63) is 0 Å². The zero-order chi connectivity index (χ0) is 12.2. The van der Waals surface area contributed by atoms with Crippen molar-refractivity contribution in [2.45, 2.75) is 71.1 Å². The third kappa shape index (κ3) is 5.28. The molecule has 1 saturated carbocycles. The van der Waals surface area contributed by atoms with Gasteiger partial charge in [-0.1, -0.05) is 33.6 Å². The van der Waals surface area contributed by atoms with Gasteiger partial charge in [0.25, 0.3) is 0 Å². The maximum absolute atomic E-state index is 9.86. The lowest BCUT2D eigenvalue weighted by Crippen LogP contribution is -2.45. The summed E-state index contributed by atoms with van der Waals surface area (Å²) in [5.74, 6) is 0. The topological polar surface area (TPSA) is 52.5 Å². The zero-order valence-electron chi connectivity index (χ0n) is 10.9. The Balaban J connectivity index is 2.22. The van der Waals surface area contributed by atoms with Crippen LogP contribution in [0.15, 0.2) is 0 Å². The van der Waals surface area contributed by atoms with E-state index in [1.165, 1.54) is 6.42 Å². The smallest absolute Gasteiger partial charge is 0.0693 e. The van der Waals surface area contributed by atoms with Crippen molar-refractivity contribution in [1.29, 1.82) is 0 Å². The second-order valence-electron chi connectivity index (χ2n) is 6.29. The van der Waals surface area contributed by atoms with Gasteiger partial charge in [0, 0.05) is 12.6 Å². The van der Waals surface area contributed by atoms with E-state index >= 15 is 0 Å². The van der Waals surface area contributed by atoms with Crippen molar-refractivity contribution in [2.75, 3.05) is 6.54 Å². The fourth-order valence-corrected chi connectivity index (χ4v) is 2.42. The molecule has 1 fully saturated rings. The van der Waals surface area contributed by atoms with Crippen molar-refractivity contribution in [1.82, 2.24) is 5.32 Å². The highest BCUT2D eigenvalue weighted by Crippen LogP contribution is 2.21. The van der Waals surface area contributed by atoms with Crippen LogP contribution in [0.4, 0.5) is 0 Å². The largest absolute Gasteiger partial charge is 0.392 e. The van der Waals surface area contributed by atoms with Gasteiger partial charge < -0.3 is 15.5 Å². The third-order valence-corrected chi connectivity index (χ3v) is 3.19. The molecule has 0 aromatic rings. The van der Waals surface area contributed by atoms with Crippen LogP contribution < -0.4 is 5.32 Å². The minimum absolute atomic E-state index is 0.159. The van der Waals surface area contributed by atoms with Crippen LogP contribution in [0.2, 0.25) is 0 Å². The van der Waals surface area contributed by atoms with Gasteiger partial charge in [0.15, 0.2) is 0 Å². The standard InChI is InChI=1S/C13H27NO2/c1-13(2,3)8-10(15)9-14-11-6-4-5-7-12(11)16/h10-12,14-16H,4-9H2,1-3H3/t10?,11-,12-/m0/s1. The molecule has 0 bridgehead atoms. The SMILES string of the molecule is CC(C)(C)CC(O)CN[C@H]1CCCC[C@@H]1O. The molecule has 96 valence electrons. The first kappa shape index (κ1) is 13.9. The van der Waals surface area contributed by atoms with Gasteiger partial charge in [0.1, 0.15) is 0 Å². The Morgan fingerprint density at radius 3 is 2.44 bits per heavy atom. The summed E-state index contributed by atoms with van der Waals surface area (Å²) >= 11 is 0. The van der Waals surface area contributed by atoms with E-state index in [1.807, 2.05) is 0 Å². The number of aliphatic hydroxyl groups is 2. The van der Waals surface area contributed by atoms with Gasteiger partial charge in [-0.25, -0.2) is 0 Å². The van der Waals surface area contributed by atoms with Crippen LogP contribution in [0.3, 0.4) is 0 Å². The maximum atomic E-state index is 9.86. The second-order valence-corrected chi connectivity index (χ2v) is 6.29. The third-order valence-electron chi connectivity index (χ3n) is 3.19. The molecule has 3 N–H and O–H groups in total. The number of hydrogen-bond donors (Lipinski definition) is 3. The molecule has 0 heterocycles. The Bertz CT molecular complexity index is 201. The second kappa shape index (κ2) is 5.99. The zero-order valence-corrected chi connectivity index (χ0v) is 10.9. The Morgan fingerprint density at radius 1 is 1.25 bits per heavy atom. The summed E-state index contributed by atoms with van der Waals surface area (Å²) in [5, 5.41) is 22.9. The van der Waals surface area contributed by atoms with Crippen LogP contribution in [-0.4, -0.2) is 35.0 Å². The predicted molar refractivity (Wildman–Crippen MR) is 66.3 cm³/mol. The average molecular weight is 229 g/mol. The highest BCUT2D eigenvalue weighted by atomic mass is 16.3. The first-order valence-electron chi connectivity index (χ1n) is 6.48. The monoisotopic (exact) mass is 229 g/mol. The molecule has 0 spiro atoms. The number of aliphatic hydroxyl groups excluding tert-OH is 2. The molecule has 1 rings (SSSR count). The highest BCUT2D eigenvalue weighted by molar-refractivity contribution is 4.81. The normalized spacial score (nSPS) is 29.1. The molecule has 3 atom stereocenters. The van der Waals surface area contributed by atoms with Crippen LogP contribution in [0, 0.1) is 5.41 Å². The summed E-state index contributed by atoms with van der Waals surface area (Å²) in [6.45, 7) is 6.99. The molecular formula is C13H27NO2. The molecule has 1 aliphatic carbocycles. The molecule has 3 nitrogen and oxygen atoms in total. The molecule has 16 heavy (non-hydrogen) atoms. The lowest BCUT2D eigenvalue weighted by molar-refractivity contribution is 0.0709. The highest BCUT2D eigenvalue weighted by Gasteiger charge is 2.24. The molecule has 0 radical (unpaired) electrons. The van der Waals surface area contributed by atoms with Crippen LogP contribution in [0.25, 0.3) is 0 Å². The van der Waals surface area contributed by atoms with E-state index in [9.17, 15) is 10.2 Å². The fraction of sp³-hybridized carbons (Fsp3) is 1.00. The summed E-state index contributed by atoms with van der Waals surface area (Å²) < 4.78 is 0. The van der Waals surface area contributed by atoms with E-state index in [0.29, 0.717) is 6.54 Å². The van der Waals surface area contributed by atoms with Crippen LogP contribution >= 0.6 is 0 Å². The Morgan fingerprint density at radius 2 is 1.88 bits per heavy atom. The van der Waals surface area contributed by atoms with Gasteiger partial charge in [-0.05, 0) is 24.7 Å². The number of hydrogen-bond acceptors (Lipinski definition) is 3. The molecule has 0 aromatic heterocycles. The van der Waals surface area contributed by atoms with Crippen molar-refractivity contribution < 1.29 is 10.2 Å². The van der Waals surface area contributed by atoms with Gasteiger partial charge in [0.05, 0.1) is 12.2 Å². The molecule has 0 saturated heterocycles. The van der Waals surface area contributed by atoms with Gasteiger partial charge in [-0.15, -0.1) is 0 Å². The van der Waals surface area contributed by atoms with Crippen molar-refractivity contribution in [3.63, 3.8) is 0 Å². The van der Waals surface area contributed by atoms with E-state index in [-0.39, 0.29) is 23.7 Å². The Kier molecular flexibility index (Phi) is 5.22. The van der Waals surface area contributed by atoms with E-state index < -0.39 is 0 Å². The Labute approximate surface area is 99.3 Å². The maximum Gasteiger partial charge on any atom is 0.0693 e. The van der Waals surface area contributed by atoms with Gasteiger partial charge >= 0.3 is 0 Å². The number of rotatable bonds is 4. The van der Waals surface area contributed by atoms with E-state index in [1.54, 1.807) is 0 Å². The van der Waals surface area contributed by atoms with Gasteiger partial charge in [-0.2, -0.15) is 0 Å². The molecule has 0 aromatic carbocycles. The van der Waals surface area contributed by atoms with Crippen molar-refractivity contribution >= 4 is 0 Å². The lowest BCUT2D eigenvalue weighted by Gasteiger charge is -2.30. The van der Waals surface area contributed by atoms with E-state index in [0.717, 1.165) is 25.7 Å². The molecule has 1 unspecified atom stereocenters. The van der Waals surface area contributed by atoms with Crippen molar-refractivity contribution in [2.24, 2.45) is 5.41 Å². The quantitative estimate of drug-likeness (QED) is 0.687. The summed E-state index contributed by atoms with van der Waals surface area (Å²) in [7, 11) is 0. The van der Waals surface area contributed by atoms with Gasteiger partial charge in [0.2, 0.25) is 0 Å². The van der Waals surface area contributed by atoms with E-state index in [4.69, 9.17) is 0 Å². The first-order valence-corrected chi connectivity index (χ1v) is 6.48. The summed E-state index contributed by atoms with van der Waals surface area (Å²) in [4.78, 5) is 0. The molecule has 0 amide bonds. The fourth-order valence-electron chi connectivity index (χ4n) is 2.42. The summed E-state index contributed by atoms with van der Waals surface area (Å²) in [6.07, 6.45) is 4.50. The van der Waals surface area contributed by atoms with Crippen LogP contribution in [-0.2, 0) is 0 Å². The molecule has 0 aliphatic heterocycles. The number of nitrogens with one attached hydrogen (secondary N) is 1. The molecule has 1 aliphatic rings. The van der Waals surface area contributed by atoms with Crippen LogP contribution in [0.1, 0.15) is 52.9 Å². The first-order chi connectivity index (χ1) is 7.38. The summed E-state index contributed by atoms with van der Waals surface area (Å²) in [5.41, 5.74) is 0.159. The summed E-state index contributed by atoms with van der Waals surface area (Å²) in [6, 6.07) is 0.184. The average Bonchev–Trinajstić information content (AvgIpc) is 2.14. The Hall–Kier alpha value is -0.120. The van der Waals surface area contributed by atoms with Crippen molar-refractivity contribution in [3.8, 4) is 0 Å².